The molecule has 1 N–H and O–H groups in total. The molecule has 2 aromatic rings. The highest BCUT2D eigenvalue weighted by Gasteiger charge is 2.25. The summed E-state index contributed by atoms with van der Waals surface area (Å²) in [6.07, 6.45) is 0. The van der Waals surface area contributed by atoms with Gasteiger partial charge in [0, 0.05) is 13.1 Å². The summed E-state index contributed by atoms with van der Waals surface area (Å²) in [6.45, 7) is 7.81. The van der Waals surface area contributed by atoms with Crippen LogP contribution in [0.2, 0.25) is 0 Å². The molecule has 0 aromatic heterocycles. The number of hydrogen-bond acceptors (Lipinski definition) is 6. The first-order chi connectivity index (χ1) is 15.2. The predicted molar refractivity (Wildman–Crippen MR) is 121 cm³/mol. The number of esters is 1. The van der Waals surface area contributed by atoms with Crippen molar-refractivity contribution in [2.45, 2.75) is 32.6 Å². The van der Waals surface area contributed by atoms with Crippen LogP contribution in [0, 0.1) is 13.8 Å². The molecule has 0 heterocycles. The van der Waals surface area contributed by atoms with Crippen molar-refractivity contribution in [3.63, 3.8) is 0 Å². The standard InChI is InChI=1S/C23H30N2O6S/c1-5-25(6-2)32(28,29)21-15-19(11-10-18(21)4)23(27)31-16-22(26)24-12-13-30-20-9-7-8-17(3)14-20/h7-11,14-15H,5-6,12-13,16H2,1-4H3,(H,24,26). The number of sulfonamides is 1. The van der Waals surface area contributed by atoms with Gasteiger partial charge in [-0.05, 0) is 49.2 Å². The van der Waals surface area contributed by atoms with Gasteiger partial charge in [0.1, 0.15) is 12.4 Å². The molecule has 0 unspecified atom stereocenters. The van der Waals surface area contributed by atoms with Crippen molar-refractivity contribution in [3.05, 3.63) is 59.2 Å². The lowest BCUT2D eigenvalue weighted by molar-refractivity contribution is -0.124. The molecule has 0 spiro atoms. The molecular formula is C23H30N2O6S. The average molecular weight is 463 g/mol. The number of amides is 1. The molecule has 1 amide bonds. The molecule has 0 aliphatic rings. The van der Waals surface area contributed by atoms with E-state index in [2.05, 4.69) is 5.32 Å². The second kappa shape index (κ2) is 11.6. The summed E-state index contributed by atoms with van der Waals surface area (Å²) in [5.41, 5.74) is 1.67. The molecule has 2 rings (SSSR count). The van der Waals surface area contributed by atoms with E-state index >= 15 is 0 Å². The molecule has 2 aromatic carbocycles. The number of hydrogen-bond donors (Lipinski definition) is 1. The lowest BCUT2D eigenvalue weighted by Gasteiger charge is -2.20. The van der Waals surface area contributed by atoms with E-state index in [1.165, 1.54) is 16.4 Å². The van der Waals surface area contributed by atoms with E-state index in [1.807, 2.05) is 31.2 Å². The molecule has 0 radical (unpaired) electrons. The fourth-order valence-electron chi connectivity index (χ4n) is 3.04. The second-order valence-corrected chi connectivity index (χ2v) is 9.07. The summed E-state index contributed by atoms with van der Waals surface area (Å²) in [4.78, 5) is 24.4. The van der Waals surface area contributed by atoms with Crippen molar-refractivity contribution in [2.24, 2.45) is 0 Å². The minimum atomic E-state index is -3.73. The Labute approximate surface area is 189 Å². The number of benzene rings is 2. The largest absolute Gasteiger partial charge is 0.492 e. The maximum absolute atomic E-state index is 12.8. The highest BCUT2D eigenvalue weighted by Crippen LogP contribution is 2.21. The molecule has 0 bridgehead atoms. The van der Waals surface area contributed by atoms with E-state index in [-0.39, 0.29) is 23.6 Å². The molecule has 0 saturated carbocycles. The van der Waals surface area contributed by atoms with Crippen LogP contribution >= 0.6 is 0 Å². The van der Waals surface area contributed by atoms with E-state index in [0.29, 0.717) is 24.4 Å². The van der Waals surface area contributed by atoms with Crippen LogP contribution in [0.1, 0.15) is 35.3 Å². The smallest absolute Gasteiger partial charge is 0.338 e. The summed E-state index contributed by atoms with van der Waals surface area (Å²) >= 11 is 0. The van der Waals surface area contributed by atoms with Gasteiger partial charge >= 0.3 is 5.97 Å². The van der Waals surface area contributed by atoms with Crippen LogP contribution < -0.4 is 10.1 Å². The topological polar surface area (TPSA) is 102 Å². The molecule has 0 saturated heterocycles. The van der Waals surface area contributed by atoms with Crippen LogP contribution in [-0.2, 0) is 19.6 Å². The minimum absolute atomic E-state index is 0.0494. The highest BCUT2D eigenvalue weighted by atomic mass is 32.2. The first kappa shape index (κ1) is 25.4. The number of rotatable bonds is 11. The van der Waals surface area contributed by atoms with Crippen LogP contribution in [0.4, 0.5) is 0 Å². The van der Waals surface area contributed by atoms with E-state index in [1.54, 1.807) is 26.8 Å². The number of nitrogens with zero attached hydrogens (tertiary/aromatic N) is 1. The van der Waals surface area contributed by atoms with Crippen LogP contribution in [0.15, 0.2) is 47.4 Å². The van der Waals surface area contributed by atoms with Crippen molar-refractivity contribution in [3.8, 4) is 5.75 Å². The Kier molecular flexibility index (Phi) is 9.22. The summed E-state index contributed by atoms with van der Waals surface area (Å²) in [5.74, 6) is -0.540. The first-order valence-corrected chi connectivity index (χ1v) is 11.9. The number of carbonyl (C=O) groups excluding carboxylic acids is 2. The van der Waals surface area contributed by atoms with Gasteiger partial charge in [0.25, 0.3) is 5.91 Å². The normalized spacial score (nSPS) is 11.3. The monoisotopic (exact) mass is 462 g/mol. The highest BCUT2D eigenvalue weighted by molar-refractivity contribution is 7.89. The van der Waals surface area contributed by atoms with Gasteiger partial charge in [-0.25, -0.2) is 13.2 Å². The maximum Gasteiger partial charge on any atom is 0.338 e. The predicted octanol–water partition coefficient (Wildman–Crippen LogP) is 2.69. The van der Waals surface area contributed by atoms with E-state index in [0.717, 1.165) is 5.56 Å². The van der Waals surface area contributed by atoms with E-state index in [4.69, 9.17) is 9.47 Å². The zero-order chi connectivity index (χ0) is 23.7. The van der Waals surface area contributed by atoms with E-state index in [9.17, 15) is 18.0 Å². The van der Waals surface area contributed by atoms with Crippen LogP contribution in [0.3, 0.4) is 0 Å². The van der Waals surface area contributed by atoms with Gasteiger partial charge in [-0.1, -0.05) is 32.0 Å². The third kappa shape index (κ3) is 6.80. The average Bonchev–Trinajstić information content (AvgIpc) is 2.76. The van der Waals surface area contributed by atoms with Crippen molar-refractivity contribution in [1.82, 2.24) is 9.62 Å². The lowest BCUT2D eigenvalue weighted by atomic mass is 10.1. The van der Waals surface area contributed by atoms with Gasteiger partial charge < -0.3 is 14.8 Å². The fraction of sp³-hybridized carbons (Fsp3) is 0.391. The Morgan fingerprint density at radius 1 is 1.03 bits per heavy atom. The fourth-order valence-corrected chi connectivity index (χ4v) is 4.75. The molecule has 0 fully saturated rings. The Balaban J connectivity index is 1.89. The van der Waals surface area contributed by atoms with Gasteiger partial charge in [0.05, 0.1) is 17.0 Å². The van der Waals surface area contributed by atoms with Crippen LogP contribution in [-0.4, -0.2) is 57.4 Å². The first-order valence-electron chi connectivity index (χ1n) is 10.4. The van der Waals surface area contributed by atoms with E-state index < -0.39 is 28.5 Å². The van der Waals surface area contributed by atoms with Crippen molar-refractivity contribution in [1.29, 1.82) is 0 Å². The number of aryl methyl sites for hydroxylation is 2. The number of ether oxygens (including phenoxy) is 2. The minimum Gasteiger partial charge on any atom is -0.492 e. The zero-order valence-electron chi connectivity index (χ0n) is 18.9. The molecule has 8 nitrogen and oxygen atoms in total. The summed E-state index contributed by atoms with van der Waals surface area (Å²) < 4.78 is 37.5. The zero-order valence-corrected chi connectivity index (χ0v) is 19.7. The Hall–Kier alpha value is -2.91. The number of carbonyl (C=O) groups is 2. The molecule has 32 heavy (non-hydrogen) atoms. The SMILES string of the molecule is CCN(CC)S(=O)(=O)c1cc(C(=O)OCC(=O)NCCOc2cccc(C)c2)ccc1C. The molecule has 0 aliphatic heterocycles. The van der Waals surface area contributed by atoms with Crippen molar-refractivity contribution in [2.75, 3.05) is 32.8 Å². The lowest BCUT2D eigenvalue weighted by Crippen LogP contribution is -2.32. The summed E-state index contributed by atoms with van der Waals surface area (Å²) in [6, 6.07) is 11.9. The summed E-state index contributed by atoms with van der Waals surface area (Å²) in [5, 5.41) is 2.61. The van der Waals surface area contributed by atoms with Crippen molar-refractivity contribution < 1.29 is 27.5 Å². The third-order valence-corrected chi connectivity index (χ3v) is 6.96. The molecule has 0 atom stereocenters. The quantitative estimate of drug-likeness (QED) is 0.407. The van der Waals surface area contributed by atoms with Gasteiger partial charge in [-0.15, -0.1) is 0 Å². The third-order valence-electron chi connectivity index (χ3n) is 4.76. The van der Waals surface area contributed by atoms with Crippen LogP contribution in [0.25, 0.3) is 0 Å². The van der Waals surface area contributed by atoms with Gasteiger partial charge in [0.2, 0.25) is 10.0 Å². The Morgan fingerprint density at radius 2 is 1.75 bits per heavy atom. The Morgan fingerprint density at radius 3 is 2.41 bits per heavy atom. The van der Waals surface area contributed by atoms with Crippen LogP contribution in [0.5, 0.6) is 5.75 Å². The maximum atomic E-state index is 12.8. The van der Waals surface area contributed by atoms with Gasteiger partial charge in [-0.2, -0.15) is 4.31 Å². The van der Waals surface area contributed by atoms with Crippen molar-refractivity contribution >= 4 is 21.9 Å². The number of nitrogens with one attached hydrogen (secondary N) is 1. The molecule has 9 heteroatoms. The molecular weight excluding hydrogens is 432 g/mol. The Bertz CT molecular complexity index is 1050. The van der Waals surface area contributed by atoms with Gasteiger partial charge in [-0.3, -0.25) is 4.79 Å². The second-order valence-electron chi connectivity index (χ2n) is 7.16. The van der Waals surface area contributed by atoms with Gasteiger partial charge in [0.15, 0.2) is 6.61 Å². The summed E-state index contributed by atoms with van der Waals surface area (Å²) in [7, 11) is -3.73. The molecule has 0 aliphatic carbocycles. The molecule has 174 valence electrons.